The minimum Gasteiger partial charge on any atom is -0.396 e. The fourth-order valence-corrected chi connectivity index (χ4v) is 2.96. The van der Waals surface area contributed by atoms with Crippen LogP contribution in [0.4, 0.5) is 0 Å². The summed E-state index contributed by atoms with van der Waals surface area (Å²) in [6.45, 7) is 4.13. The van der Waals surface area contributed by atoms with E-state index in [4.69, 9.17) is 5.73 Å². The van der Waals surface area contributed by atoms with Gasteiger partial charge in [0.1, 0.15) is 0 Å². The van der Waals surface area contributed by atoms with Gasteiger partial charge in [0.2, 0.25) is 0 Å². The topological polar surface area (TPSA) is 59.1 Å². The van der Waals surface area contributed by atoms with Gasteiger partial charge in [-0.1, -0.05) is 36.4 Å². The minimum atomic E-state index is -0.346. The number of hydrogen-bond donors (Lipinski definition) is 2. The molecule has 2 aromatic carbocycles. The summed E-state index contributed by atoms with van der Waals surface area (Å²) in [5.74, 6) is 0. The fraction of sp³-hybridized carbons (Fsp3) is 0.250. The third kappa shape index (κ3) is 3.11. The highest BCUT2D eigenvalue weighted by Gasteiger charge is 2.15. The molecule has 3 rings (SSSR count). The summed E-state index contributed by atoms with van der Waals surface area (Å²) in [6.07, 6.45) is 4.29. The van der Waals surface area contributed by atoms with E-state index < -0.39 is 0 Å². The van der Waals surface area contributed by atoms with Crippen LogP contribution in [0.25, 0.3) is 21.9 Å². The summed E-state index contributed by atoms with van der Waals surface area (Å²) in [6, 6.07) is 14.6. The predicted molar refractivity (Wildman–Crippen MR) is 95.2 cm³/mol. The maximum Gasteiger partial charge on any atom is 0.0471 e. The molecule has 0 bridgehead atoms. The maximum absolute atomic E-state index is 9.47. The predicted octanol–water partition coefficient (Wildman–Crippen LogP) is 3.63. The van der Waals surface area contributed by atoms with E-state index in [0.29, 0.717) is 6.42 Å². The maximum atomic E-state index is 9.47. The fourth-order valence-electron chi connectivity index (χ4n) is 2.96. The van der Waals surface area contributed by atoms with Gasteiger partial charge in [0.15, 0.2) is 0 Å². The number of rotatable bonds is 4. The van der Waals surface area contributed by atoms with Crippen molar-refractivity contribution in [2.45, 2.75) is 25.8 Å². The van der Waals surface area contributed by atoms with Crippen LogP contribution >= 0.6 is 0 Å². The van der Waals surface area contributed by atoms with Crippen molar-refractivity contribution in [1.82, 2.24) is 4.98 Å². The SMILES string of the molecule is CC(C)(N)c1ccc(-c2ccc3cnccc3c2CCO)cc1. The van der Waals surface area contributed by atoms with E-state index in [1.807, 2.05) is 26.1 Å². The quantitative estimate of drug-likeness (QED) is 0.774. The van der Waals surface area contributed by atoms with Gasteiger partial charge in [0.05, 0.1) is 0 Å². The van der Waals surface area contributed by atoms with Gasteiger partial charge < -0.3 is 10.8 Å². The van der Waals surface area contributed by atoms with Crippen molar-refractivity contribution in [2.24, 2.45) is 5.73 Å². The van der Waals surface area contributed by atoms with Gasteiger partial charge in [-0.3, -0.25) is 4.98 Å². The lowest BCUT2D eigenvalue weighted by Crippen LogP contribution is -2.28. The molecule has 3 heteroatoms. The highest BCUT2D eigenvalue weighted by Crippen LogP contribution is 2.31. The molecule has 23 heavy (non-hydrogen) atoms. The lowest BCUT2D eigenvalue weighted by atomic mass is 9.90. The van der Waals surface area contributed by atoms with Crippen molar-refractivity contribution in [3.05, 3.63) is 66.0 Å². The molecular formula is C20H22N2O. The van der Waals surface area contributed by atoms with E-state index in [1.54, 1.807) is 6.20 Å². The first-order valence-electron chi connectivity index (χ1n) is 7.87. The number of aromatic nitrogens is 1. The second-order valence-corrected chi connectivity index (χ2v) is 6.46. The van der Waals surface area contributed by atoms with E-state index in [2.05, 4.69) is 41.4 Å². The molecule has 3 aromatic rings. The number of benzene rings is 2. The Morgan fingerprint density at radius 1 is 1.04 bits per heavy atom. The molecule has 0 unspecified atom stereocenters. The lowest BCUT2D eigenvalue weighted by Gasteiger charge is -2.20. The summed E-state index contributed by atoms with van der Waals surface area (Å²) < 4.78 is 0. The molecule has 1 heterocycles. The van der Waals surface area contributed by atoms with Crippen molar-refractivity contribution in [3.63, 3.8) is 0 Å². The monoisotopic (exact) mass is 306 g/mol. The van der Waals surface area contributed by atoms with E-state index in [9.17, 15) is 5.11 Å². The van der Waals surface area contributed by atoms with Crippen LogP contribution in [0.5, 0.6) is 0 Å². The Balaban J connectivity index is 2.13. The van der Waals surface area contributed by atoms with E-state index in [0.717, 1.165) is 33.0 Å². The first-order valence-corrected chi connectivity index (χ1v) is 7.87. The van der Waals surface area contributed by atoms with Gasteiger partial charge in [0, 0.05) is 29.9 Å². The second kappa shape index (κ2) is 6.11. The zero-order valence-corrected chi connectivity index (χ0v) is 13.6. The van der Waals surface area contributed by atoms with Gasteiger partial charge in [-0.25, -0.2) is 0 Å². The smallest absolute Gasteiger partial charge is 0.0471 e. The van der Waals surface area contributed by atoms with E-state index in [-0.39, 0.29) is 12.1 Å². The Kier molecular flexibility index (Phi) is 4.16. The van der Waals surface area contributed by atoms with Crippen LogP contribution in [0.15, 0.2) is 54.9 Å². The van der Waals surface area contributed by atoms with Crippen LogP contribution < -0.4 is 5.73 Å². The molecule has 0 aliphatic carbocycles. The van der Waals surface area contributed by atoms with Crippen LogP contribution in [0, 0.1) is 0 Å². The van der Waals surface area contributed by atoms with Gasteiger partial charge in [-0.2, -0.15) is 0 Å². The number of pyridine rings is 1. The summed E-state index contributed by atoms with van der Waals surface area (Å²) >= 11 is 0. The van der Waals surface area contributed by atoms with Gasteiger partial charge in [-0.05, 0) is 54.0 Å². The standard InChI is InChI=1S/C20H22N2O/c1-20(2,21)16-6-3-14(4-7-16)17-8-5-15-13-22-11-9-18(15)19(17)10-12-23/h3-9,11,13,23H,10,12,21H2,1-2H3. The highest BCUT2D eigenvalue weighted by atomic mass is 16.2. The molecule has 0 saturated carbocycles. The third-order valence-corrected chi connectivity index (χ3v) is 4.23. The van der Waals surface area contributed by atoms with Crippen molar-refractivity contribution < 1.29 is 5.11 Å². The first kappa shape index (κ1) is 15.7. The van der Waals surface area contributed by atoms with Crippen molar-refractivity contribution >= 4 is 10.8 Å². The Morgan fingerprint density at radius 2 is 1.78 bits per heavy atom. The van der Waals surface area contributed by atoms with Crippen LogP contribution in [-0.4, -0.2) is 16.7 Å². The van der Waals surface area contributed by atoms with Gasteiger partial charge in [-0.15, -0.1) is 0 Å². The molecular weight excluding hydrogens is 284 g/mol. The average molecular weight is 306 g/mol. The summed E-state index contributed by atoms with van der Waals surface area (Å²) in [7, 11) is 0. The molecule has 3 N–H and O–H groups in total. The Bertz CT molecular complexity index is 817. The summed E-state index contributed by atoms with van der Waals surface area (Å²) in [5.41, 5.74) is 10.4. The normalized spacial score (nSPS) is 11.8. The van der Waals surface area contributed by atoms with Gasteiger partial charge in [0.25, 0.3) is 0 Å². The number of hydrogen-bond acceptors (Lipinski definition) is 3. The van der Waals surface area contributed by atoms with Crippen LogP contribution in [0.1, 0.15) is 25.0 Å². The van der Waals surface area contributed by atoms with Crippen molar-refractivity contribution in [2.75, 3.05) is 6.61 Å². The second-order valence-electron chi connectivity index (χ2n) is 6.46. The van der Waals surface area contributed by atoms with E-state index >= 15 is 0 Å². The molecule has 0 aliphatic rings. The number of nitrogens with two attached hydrogens (primary N) is 1. The largest absolute Gasteiger partial charge is 0.396 e. The summed E-state index contributed by atoms with van der Waals surface area (Å²) in [5, 5.41) is 11.7. The summed E-state index contributed by atoms with van der Waals surface area (Å²) in [4.78, 5) is 4.18. The van der Waals surface area contributed by atoms with Crippen LogP contribution in [0.2, 0.25) is 0 Å². The molecule has 0 radical (unpaired) electrons. The molecule has 0 fully saturated rings. The average Bonchev–Trinajstić information content (AvgIpc) is 2.55. The minimum absolute atomic E-state index is 0.127. The van der Waals surface area contributed by atoms with Crippen molar-refractivity contribution in [3.8, 4) is 11.1 Å². The van der Waals surface area contributed by atoms with Crippen LogP contribution in [0.3, 0.4) is 0 Å². The number of aliphatic hydroxyl groups excluding tert-OH is 1. The Morgan fingerprint density at radius 3 is 2.43 bits per heavy atom. The van der Waals surface area contributed by atoms with Gasteiger partial charge >= 0.3 is 0 Å². The zero-order chi connectivity index (χ0) is 16.4. The molecule has 0 spiro atoms. The van der Waals surface area contributed by atoms with Crippen LogP contribution in [-0.2, 0) is 12.0 Å². The third-order valence-electron chi connectivity index (χ3n) is 4.23. The zero-order valence-electron chi connectivity index (χ0n) is 13.6. The number of fused-ring (bicyclic) bond motifs is 1. The molecule has 1 aromatic heterocycles. The molecule has 3 nitrogen and oxygen atoms in total. The molecule has 0 amide bonds. The number of nitrogens with zero attached hydrogens (tertiary/aromatic N) is 1. The number of aliphatic hydroxyl groups is 1. The first-order chi connectivity index (χ1) is 11.0. The highest BCUT2D eigenvalue weighted by molar-refractivity contribution is 5.91. The lowest BCUT2D eigenvalue weighted by molar-refractivity contribution is 0.300. The Labute approximate surface area is 136 Å². The molecule has 0 atom stereocenters. The Hall–Kier alpha value is -2.23. The molecule has 118 valence electrons. The van der Waals surface area contributed by atoms with E-state index in [1.165, 1.54) is 0 Å². The molecule has 0 saturated heterocycles. The van der Waals surface area contributed by atoms with Crippen molar-refractivity contribution in [1.29, 1.82) is 0 Å². The molecule has 0 aliphatic heterocycles.